The Morgan fingerprint density at radius 3 is 0.593 bits per heavy atom. The molecule has 0 spiro atoms. The molecule has 0 unspecified atom stereocenters. The van der Waals surface area contributed by atoms with Crippen molar-refractivity contribution in [2.75, 3.05) is 21.3 Å². The van der Waals surface area contributed by atoms with Gasteiger partial charge >= 0.3 is 0 Å². The van der Waals surface area contributed by atoms with Crippen molar-refractivity contribution in [1.82, 2.24) is 19.9 Å². The van der Waals surface area contributed by atoms with Crippen molar-refractivity contribution in [1.29, 1.82) is 0 Å². The summed E-state index contributed by atoms with van der Waals surface area (Å²) in [4.78, 5) is 20.2. The largest absolute Gasteiger partial charge is 0.337 e. The van der Waals surface area contributed by atoms with Crippen molar-refractivity contribution in [3.63, 3.8) is 0 Å². The number of hydrogen-bond donors (Lipinski definition) is 4. The molecule has 6 rings (SSSR count). The molecule has 4 aromatic carbocycles. The lowest BCUT2D eigenvalue weighted by atomic mass is 9.87. The van der Waals surface area contributed by atoms with E-state index in [1.54, 1.807) is 0 Å². The smallest absolute Gasteiger partial charge is 0.202 e. The maximum Gasteiger partial charge on any atom is 0.202 e. The summed E-state index contributed by atoms with van der Waals surface area (Å²) in [6.07, 6.45) is 0. The fraction of sp³-hybridized carbons (Fsp3) is 0.348. The lowest BCUT2D eigenvalue weighted by Gasteiger charge is -2.21. The van der Waals surface area contributed by atoms with Crippen LogP contribution in [0.1, 0.15) is 105 Å². The molecule has 6 aromatic rings. The average molecular weight is 721 g/mol. The van der Waals surface area contributed by atoms with Gasteiger partial charge in [0.25, 0.3) is 0 Å². The van der Waals surface area contributed by atoms with Gasteiger partial charge in [0, 0.05) is 22.7 Å². The normalized spacial score (nSPS) is 12.4. The van der Waals surface area contributed by atoms with E-state index >= 15 is 0 Å². The summed E-state index contributed by atoms with van der Waals surface area (Å²) < 4.78 is 0. The SMILES string of the molecule is CC(C)(C)c1ccc(Nc2nc3nc(Nc4ccc(C(C)(C)C)cc4)c(Nc4ccc(C(C)(C)C)cc4)nc3nc2Nc2ccc(C(C)(C)C)cc2)cc1. The first-order valence-electron chi connectivity index (χ1n) is 18.8. The van der Waals surface area contributed by atoms with E-state index in [0.29, 0.717) is 34.6 Å². The van der Waals surface area contributed by atoms with Crippen molar-refractivity contribution in [2.45, 2.75) is 105 Å². The number of fused-ring (bicyclic) bond motifs is 1. The van der Waals surface area contributed by atoms with Crippen LogP contribution in [0.25, 0.3) is 11.3 Å². The zero-order valence-corrected chi connectivity index (χ0v) is 34.0. The number of aromatic nitrogens is 4. The van der Waals surface area contributed by atoms with Gasteiger partial charge in [0.05, 0.1) is 0 Å². The third kappa shape index (κ3) is 9.16. The molecular weight excluding hydrogens is 665 g/mol. The zero-order valence-electron chi connectivity index (χ0n) is 34.0. The lowest BCUT2D eigenvalue weighted by Crippen LogP contribution is -2.12. The molecule has 0 fully saturated rings. The third-order valence-corrected chi connectivity index (χ3v) is 9.57. The molecule has 4 N–H and O–H groups in total. The topological polar surface area (TPSA) is 99.7 Å². The van der Waals surface area contributed by atoms with Crippen LogP contribution in [0.5, 0.6) is 0 Å². The Balaban J connectivity index is 1.45. The second-order valence-corrected chi connectivity index (χ2v) is 18.3. The predicted molar refractivity (Wildman–Crippen MR) is 229 cm³/mol. The van der Waals surface area contributed by atoms with E-state index in [2.05, 4.69) is 201 Å². The molecule has 8 nitrogen and oxygen atoms in total. The van der Waals surface area contributed by atoms with Gasteiger partial charge in [-0.2, -0.15) is 0 Å². The molecule has 0 saturated carbocycles. The number of hydrogen-bond acceptors (Lipinski definition) is 8. The average Bonchev–Trinajstić information content (AvgIpc) is 3.08. The van der Waals surface area contributed by atoms with Crippen molar-refractivity contribution in [3.05, 3.63) is 119 Å². The van der Waals surface area contributed by atoms with Gasteiger partial charge in [0.1, 0.15) is 0 Å². The van der Waals surface area contributed by atoms with Crippen molar-refractivity contribution >= 4 is 57.3 Å². The van der Waals surface area contributed by atoms with Crippen LogP contribution in [0, 0.1) is 0 Å². The van der Waals surface area contributed by atoms with Crippen molar-refractivity contribution in [3.8, 4) is 0 Å². The van der Waals surface area contributed by atoms with Crippen LogP contribution in [0.3, 0.4) is 0 Å². The molecular formula is C46H56N8. The van der Waals surface area contributed by atoms with Gasteiger partial charge < -0.3 is 21.3 Å². The number of anilines is 8. The summed E-state index contributed by atoms with van der Waals surface area (Å²) in [5, 5.41) is 14.1. The Hall–Kier alpha value is -5.50. The highest BCUT2D eigenvalue weighted by Crippen LogP contribution is 2.34. The van der Waals surface area contributed by atoms with Crippen LogP contribution in [-0.4, -0.2) is 19.9 Å². The Morgan fingerprint density at radius 2 is 0.444 bits per heavy atom. The first-order valence-corrected chi connectivity index (χ1v) is 18.8. The molecule has 8 heteroatoms. The van der Waals surface area contributed by atoms with E-state index < -0.39 is 0 Å². The maximum atomic E-state index is 5.05. The van der Waals surface area contributed by atoms with Gasteiger partial charge in [-0.15, -0.1) is 0 Å². The van der Waals surface area contributed by atoms with Crippen LogP contribution < -0.4 is 21.3 Å². The summed E-state index contributed by atoms with van der Waals surface area (Å²) in [5.74, 6) is 2.16. The highest BCUT2D eigenvalue weighted by molar-refractivity contribution is 5.84. The molecule has 280 valence electrons. The lowest BCUT2D eigenvalue weighted by molar-refractivity contribution is 0.590. The summed E-state index contributed by atoms with van der Waals surface area (Å²) in [6, 6.07) is 33.8. The van der Waals surface area contributed by atoms with Gasteiger partial charge in [0.15, 0.2) is 23.3 Å². The minimum Gasteiger partial charge on any atom is -0.337 e. The molecule has 0 radical (unpaired) electrons. The first-order chi connectivity index (χ1) is 25.2. The van der Waals surface area contributed by atoms with Crippen LogP contribution in [-0.2, 0) is 21.7 Å². The quantitative estimate of drug-likeness (QED) is 0.123. The van der Waals surface area contributed by atoms with Gasteiger partial charge in [-0.3, -0.25) is 0 Å². The minimum absolute atomic E-state index is 0.0413. The van der Waals surface area contributed by atoms with Gasteiger partial charge in [-0.1, -0.05) is 132 Å². The number of rotatable bonds is 8. The Bertz CT molecular complexity index is 1890. The van der Waals surface area contributed by atoms with E-state index in [4.69, 9.17) is 19.9 Å². The van der Waals surface area contributed by atoms with Gasteiger partial charge in [-0.25, -0.2) is 19.9 Å². The second-order valence-electron chi connectivity index (χ2n) is 18.3. The Kier molecular flexibility index (Phi) is 10.2. The summed E-state index contributed by atoms with van der Waals surface area (Å²) in [7, 11) is 0. The molecule has 0 aliphatic carbocycles. The Labute approximate surface area is 321 Å². The predicted octanol–water partition coefficient (Wildman–Crippen LogP) is 12.6. The molecule has 0 atom stereocenters. The number of nitrogens with zero attached hydrogens (tertiary/aromatic N) is 4. The summed E-state index contributed by atoms with van der Waals surface area (Å²) in [6.45, 7) is 26.6. The number of benzene rings is 4. The first kappa shape index (κ1) is 38.2. The molecule has 2 aromatic heterocycles. The Morgan fingerprint density at radius 1 is 0.278 bits per heavy atom. The highest BCUT2D eigenvalue weighted by Gasteiger charge is 2.20. The minimum atomic E-state index is 0.0413. The molecule has 0 amide bonds. The fourth-order valence-electron chi connectivity index (χ4n) is 6.00. The van der Waals surface area contributed by atoms with Gasteiger partial charge in [0.2, 0.25) is 11.3 Å². The maximum absolute atomic E-state index is 5.05. The van der Waals surface area contributed by atoms with Crippen LogP contribution in [0.15, 0.2) is 97.1 Å². The molecule has 54 heavy (non-hydrogen) atoms. The fourth-order valence-corrected chi connectivity index (χ4v) is 6.00. The van der Waals surface area contributed by atoms with E-state index in [1.165, 1.54) is 22.3 Å². The third-order valence-electron chi connectivity index (χ3n) is 9.57. The molecule has 0 aliphatic rings. The van der Waals surface area contributed by atoms with Crippen LogP contribution in [0.2, 0.25) is 0 Å². The second kappa shape index (κ2) is 14.4. The highest BCUT2D eigenvalue weighted by atomic mass is 15.2. The monoisotopic (exact) mass is 720 g/mol. The van der Waals surface area contributed by atoms with Crippen LogP contribution in [0.4, 0.5) is 46.0 Å². The summed E-state index contributed by atoms with van der Waals surface area (Å²) >= 11 is 0. The van der Waals surface area contributed by atoms with E-state index in [0.717, 1.165) is 22.7 Å². The van der Waals surface area contributed by atoms with Crippen molar-refractivity contribution in [2.24, 2.45) is 0 Å². The molecule has 0 saturated heterocycles. The van der Waals surface area contributed by atoms with Gasteiger partial charge in [-0.05, 0) is 92.4 Å². The van der Waals surface area contributed by atoms with Crippen molar-refractivity contribution < 1.29 is 0 Å². The molecule has 2 heterocycles. The number of nitrogens with one attached hydrogen (secondary N) is 4. The van der Waals surface area contributed by atoms with Crippen LogP contribution >= 0.6 is 0 Å². The zero-order chi connectivity index (χ0) is 39.1. The molecule has 0 aliphatic heterocycles. The summed E-state index contributed by atoms with van der Waals surface area (Å²) in [5.41, 5.74) is 9.55. The van der Waals surface area contributed by atoms with E-state index in [9.17, 15) is 0 Å². The van der Waals surface area contributed by atoms with E-state index in [1.807, 2.05) is 0 Å². The van der Waals surface area contributed by atoms with E-state index in [-0.39, 0.29) is 21.7 Å². The molecule has 0 bridgehead atoms. The standard InChI is InChI=1S/C46H56N8/c1-43(2,3)29-13-21-33(22-14-29)47-37-38(48-34-23-15-30(16-24-34)44(4,5)6)52-42-41(51-37)53-39(49-35-25-17-31(18-26-35)45(7,8)9)40(54-42)50-36-27-19-32(20-28-36)46(10,11)12/h13-28H,1-12H3,(H2,47,49,51,53)(H2,48,50,52,54).